The molecule has 0 spiro atoms. The van der Waals surface area contributed by atoms with Crippen molar-refractivity contribution in [2.24, 2.45) is 0 Å². The van der Waals surface area contributed by atoms with Gasteiger partial charge in [-0.2, -0.15) is 0 Å². The zero-order valence-electron chi connectivity index (χ0n) is 16.6. The molecule has 0 saturated carbocycles. The zero-order valence-corrected chi connectivity index (χ0v) is 17.5. The highest BCUT2D eigenvalue weighted by Crippen LogP contribution is 2.38. The van der Waals surface area contributed by atoms with Gasteiger partial charge in [0.2, 0.25) is 0 Å². The van der Waals surface area contributed by atoms with Crippen LogP contribution in [-0.4, -0.2) is 21.8 Å². The first kappa shape index (κ1) is 19.6. The van der Waals surface area contributed by atoms with E-state index in [0.29, 0.717) is 27.3 Å². The lowest BCUT2D eigenvalue weighted by molar-refractivity contribution is 0.173. The molecule has 4 aromatic rings. The van der Waals surface area contributed by atoms with E-state index in [0.717, 1.165) is 35.8 Å². The molecule has 0 bridgehead atoms. The summed E-state index contributed by atoms with van der Waals surface area (Å²) in [6, 6.07) is 13.7. The van der Waals surface area contributed by atoms with Gasteiger partial charge in [0.15, 0.2) is 0 Å². The van der Waals surface area contributed by atoms with Gasteiger partial charge in [0, 0.05) is 12.5 Å². The number of benzene rings is 2. The number of nitrogens with zero attached hydrogens (tertiary/aromatic N) is 2. The summed E-state index contributed by atoms with van der Waals surface area (Å²) in [4.78, 5) is 18.9. The molecule has 0 unspecified atom stereocenters. The molecule has 0 saturated heterocycles. The van der Waals surface area contributed by atoms with Crippen molar-refractivity contribution in [1.29, 1.82) is 0 Å². The van der Waals surface area contributed by atoms with Gasteiger partial charge in [0.1, 0.15) is 23.0 Å². The average Bonchev–Trinajstić information content (AvgIpc) is 3.09. The predicted octanol–water partition coefficient (Wildman–Crippen LogP) is 4.85. The van der Waals surface area contributed by atoms with Crippen molar-refractivity contribution >= 4 is 31.6 Å². The lowest BCUT2D eigenvalue weighted by Gasteiger charge is -2.12. The van der Waals surface area contributed by atoms with E-state index in [1.807, 2.05) is 42.5 Å². The molecule has 4 rings (SSSR count). The van der Waals surface area contributed by atoms with E-state index >= 15 is 0 Å². The van der Waals surface area contributed by atoms with E-state index in [1.165, 1.54) is 11.3 Å². The van der Waals surface area contributed by atoms with E-state index in [-0.39, 0.29) is 17.9 Å². The van der Waals surface area contributed by atoms with Gasteiger partial charge >= 0.3 is 0 Å². The normalized spacial score (nSPS) is 11.5. The summed E-state index contributed by atoms with van der Waals surface area (Å²) in [7, 11) is 1.60. The Bertz CT molecular complexity index is 1210. The molecule has 2 aromatic carbocycles. The van der Waals surface area contributed by atoms with Crippen LogP contribution in [0, 0.1) is 0 Å². The number of unbranched alkanes of at least 4 members (excludes halogenated alkanes) is 1. The number of ether oxygens (including phenoxy) is 1. The van der Waals surface area contributed by atoms with E-state index in [4.69, 9.17) is 9.72 Å². The van der Waals surface area contributed by atoms with Crippen LogP contribution in [0.4, 0.5) is 0 Å². The van der Waals surface area contributed by atoms with Gasteiger partial charge in [0.05, 0.1) is 16.6 Å². The Labute approximate surface area is 173 Å². The van der Waals surface area contributed by atoms with Crippen LogP contribution < -0.4 is 5.56 Å². The van der Waals surface area contributed by atoms with Gasteiger partial charge in [-0.05, 0) is 36.1 Å². The first-order chi connectivity index (χ1) is 14.1. The fourth-order valence-corrected chi connectivity index (χ4v) is 4.71. The van der Waals surface area contributed by atoms with Gasteiger partial charge < -0.3 is 9.84 Å². The van der Waals surface area contributed by atoms with E-state index < -0.39 is 0 Å². The maximum absolute atomic E-state index is 13.5. The summed E-state index contributed by atoms with van der Waals surface area (Å²) in [6.45, 7) is 2.82. The van der Waals surface area contributed by atoms with Crippen molar-refractivity contribution in [3.63, 3.8) is 0 Å². The monoisotopic (exact) mass is 408 g/mol. The highest BCUT2D eigenvalue weighted by Gasteiger charge is 2.19. The zero-order chi connectivity index (χ0) is 20.4. The van der Waals surface area contributed by atoms with Crippen LogP contribution in [0.3, 0.4) is 0 Å². The number of rotatable bonds is 7. The van der Waals surface area contributed by atoms with E-state index in [2.05, 4.69) is 6.92 Å². The molecule has 0 atom stereocenters. The Morgan fingerprint density at radius 3 is 2.69 bits per heavy atom. The molecule has 6 heteroatoms. The van der Waals surface area contributed by atoms with Crippen LogP contribution in [0.2, 0.25) is 0 Å². The molecule has 2 aromatic heterocycles. The first-order valence-corrected chi connectivity index (χ1v) is 10.6. The maximum Gasteiger partial charge on any atom is 0.263 e. The van der Waals surface area contributed by atoms with Crippen molar-refractivity contribution in [2.45, 2.75) is 39.3 Å². The molecule has 29 heavy (non-hydrogen) atoms. The van der Waals surface area contributed by atoms with Crippen LogP contribution in [-0.2, 0) is 24.3 Å². The number of thiophene rings is 1. The summed E-state index contributed by atoms with van der Waals surface area (Å²) in [5, 5.41) is 11.9. The molecule has 0 aliphatic rings. The molecule has 150 valence electrons. The largest absolute Gasteiger partial charge is 0.506 e. The molecule has 0 radical (unpaired) electrons. The van der Waals surface area contributed by atoms with Gasteiger partial charge in [-0.1, -0.05) is 43.7 Å². The lowest BCUT2D eigenvalue weighted by Crippen LogP contribution is -2.26. The third kappa shape index (κ3) is 3.78. The van der Waals surface area contributed by atoms with Crippen LogP contribution >= 0.6 is 11.3 Å². The van der Waals surface area contributed by atoms with Crippen molar-refractivity contribution < 1.29 is 9.84 Å². The number of hydrogen-bond donors (Lipinski definition) is 1. The second kappa shape index (κ2) is 8.35. The SMILES string of the molecule is CCCCc1cc(O)c2sc3nc(COC)n(Cc4ccccc4)c(=O)c3c2c1. The summed E-state index contributed by atoms with van der Waals surface area (Å²) < 4.78 is 7.70. The van der Waals surface area contributed by atoms with E-state index in [9.17, 15) is 9.90 Å². The molecule has 5 nitrogen and oxygen atoms in total. The molecule has 1 N–H and O–H groups in total. The van der Waals surface area contributed by atoms with Crippen LogP contribution in [0.1, 0.15) is 36.7 Å². The number of phenolic OH excluding ortho intramolecular Hbond substituents is 1. The molecule has 2 heterocycles. The minimum atomic E-state index is -0.0933. The molecular weight excluding hydrogens is 384 g/mol. The second-order valence-electron chi connectivity index (χ2n) is 7.22. The van der Waals surface area contributed by atoms with Crippen molar-refractivity contribution in [1.82, 2.24) is 9.55 Å². The number of aromatic nitrogens is 2. The summed E-state index contributed by atoms with van der Waals surface area (Å²) in [5.41, 5.74) is 1.98. The number of aryl methyl sites for hydroxylation is 1. The average molecular weight is 409 g/mol. The number of phenols is 1. The number of aromatic hydroxyl groups is 1. The maximum atomic E-state index is 13.5. The summed E-state index contributed by atoms with van der Waals surface area (Å²) in [5.74, 6) is 0.810. The summed E-state index contributed by atoms with van der Waals surface area (Å²) in [6.07, 6.45) is 3.00. The highest BCUT2D eigenvalue weighted by molar-refractivity contribution is 7.25. The number of hydrogen-bond acceptors (Lipinski definition) is 5. The minimum Gasteiger partial charge on any atom is -0.506 e. The fourth-order valence-electron chi connectivity index (χ4n) is 3.64. The van der Waals surface area contributed by atoms with Gasteiger partial charge in [-0.15, -0.1) is 11.3 Å². The second-order valence-corrected chi connectivity index (χ2v) is 8.21. The Morgan fingerprint density at radius 1 is 1.17 bits per heavy atom. The highest BCUT2D eigenvalue weighted by atomic mass is 32.1. The molecule has 0 fully saturated rings. The fraction of sp³-hybridized carbons (Fsp3) is 0.304. The van der Waals surface area contributed by atoms with Crippen molar-refractivity contribution in [3.05, 3.63) is 69.8 Å². The predicted molar refractivity (Wildman–Crippen MR) is 118 cm³/mol. The van der Waals surface area contributed by atoms with Gasteiger partial charge in [0.25, 0.3) is 5.56 Å². The van der Waals surface area contributed by atoms with Gasteiger partial charge in [-0.25, -0.2) is 4.98 Å². The summed E-state index contributed by atoms with van der Waals surface area (Å²) >= 11 is 1.36. The van der Waals surface area contributed by atoms with Crippen LogP contribution in [0.5, 0.6) is 5.75 Å². The van der Waals surface area contributed by atoms with Crippen molar-refractivity contribution in [2.75, 3.05) is 7.11 Å². The Hall–Kier alpha value is -2.70. The smallest absolute Gasteiger partial charge is 0.263 e. The molecule has 0 aliphatic heterocycles. The molecular formula is C23H24N2O3S. The van der Waals surface area contributed by atoms with E-state index in [1.54, 1.807) is 11.7 Å². The Balaban J connectivity index is 1.95. The van der Waals surface area contributed by atoms with Gasteiger partial charge in [-0.3, -0.25) is 9.36 Å². The molecule has 0 amide bonds. The quantitative estimate of drug-likeness (QED) is 0.475. The lowest BCUT2D eigenvalue weighted by atomic mass is 10.0. The number of fused-ring (bicyclic) bond motifs is 3. The third-order valence-electron chi connectivity index (χ3n) is 5.09. The van der Waals surface area contributed by atoms with Crippen LogP contribution in [0.25, 0.3) is 20.3 Å². The Morgan fingerprint density at radius 2 is 1.97 bits per heavy atom. The minimum absolute atomic E-state index is 0.0933. The first-order valence-electron chi connectivity index (χ1n) is 9.83. The van der Waals surface area contributed by atoms with Crippen LogP contribution in [0.15, 0.2) is 47.3 Å². The van der Waals surface area contributed by atoms with Crippen molar-refractivity contribution in [3.8, 4) is 5.75 Å². The Kier molecular flexibility index (Phi) is 5.65. The standard InChI is InChI=1S/C23H24N2O3S/c1-3-4-8-16-11-17-20-22(29-21(17)18(26)12-16)24-19(14-28-2)25(23(20)27)13-15-9-6-5-7-10-15/h5-7,9-12,26H,3-4,8,13-14H2,1-2H3. The third-order valence-corrected chi connectivity index (χ3v) is 6.21. The number of methoxy groups -OCH3 is 1. The topological polar surface area (TPSA) is 64.4 Å². The molecule has 0 aliphatic carbocycles.